The van der Waals surface area contributed by atoms with E-state index in [1.807, 2.05) is 23.6 Å². The largest absolute Gasteiger partial charge is 0.508 e. The summed E-state index contributed by atoms with van der Waals surface area (Å²) in [5, 5.41) is 12.3. The molecule has 26 heavy (non-hydrogen) atoms. The maximum atomic E-state index is 12.9. The first-order valence-corrected chi connectivity index (χ1v) is 10.8. The summed E-state index contributed by atoms with van der Waals surface area (Å²) in [5.74, 6) is -0.491. The number of thiophene rings is 1. The van der Waals surface area contributed by atoms with Gasteiger partial charge in [0.25, 0.3) is 0 Å². The van der Waals surface area contributed by atoms with Crippen LogP contribution in [-0.4, -0.2) is 13.5 Å². The Labute approximate surface area is 166 Å². The van der Waals surface area contributed by atoms with Gasteiger partial charge in [-0.05, 0) is 46.8 Å². The van der Waals surface area contributed by atoms with Crippen molar-refractivity contribution in [3.8, 4) is 10.4 Å². The Hall–Kier alpha value is -1.79. The number of rotatable bonds is 5. The van der Waals surface area contributed by atoms with Crippen LogP contribution in [0.5, 0.6) is 0 Å². The number of hydrogen-bond donors (Lipinski definition) is 1. The number of aliphatic hydroxyl groups excluding tert-OH is 1. The van der Waals surface area contributed by atoms with E-state index in [4.69, 9.17) is 23.2 Å². The molecule has 0 spiro atoms. The minimum Gasteiger partial charge on any atom is -0.508 e. The smallest absolute Gasteiger partial charge is 0.182 e. The van der Waals surface area contributed by atoms with Gasteiger partial charge < -0.3 is 5.11 Å². The van der Waals surface area contributed by atoms with Crippen LogP contribution in [0.4, 0.5) is 0 Å². The molecule has 0 unspecified atom stereocenters. The van der Waals surface area contributed by atoms with Gasteiger partial charge in [-0.2, -0.15) is 0 Å². The molecule has 0 saturated carbocycles. The maximum Gasteiger partial charge on any atom is 0.182 e. The zero-order valence-corrected chi connectivity index (χ0v) is 16.6. The molecule has 0 radical (unpaired) electrons. The lowest BCUT2D eigenvalue weighted by atomic mass is 10.0. The molecule has 3 aromatic rings. The van der Waals surface area contributed by atoms with Crippen LogP contribution >= 0.6 is 34.5 Å². The molecular weight excluding hydrogens is 411 g/mol. The van der Waals surface area contributed by atoms with Crippen molar-refractivity contribution in [2.75, 3.05) is 0 Å². The van der Waals surface area contributed by atoms with Crippen LogP contribution in [0.25, 0.3) is 16.2 Å². The Morgan fingerprint density at radius 1 is 1.08 bits per heavy atom. The molecule has 134 valence electrons. The standard InChI is InChI=1S/C19H14Cl2O3S2/c1-12(22)18-5-4-13(19-3-2-6-25-19)7-14(18)11-26(23,24)17-9-15(20)8-16(21)10-17/h2-10,22H,1,11H2. The van der Waals surface area contributed by atoms with E-state index < -0.39 is 9.84 Å². The number of benzene rings is 2. The molecule has 3 nitrogen and oxygen atoms in total. The summed E-state index contributed by atoms with van der Waals surface area (Å²) in [7, 11) is -3.72. The fourth-order valence-corrected chi connectivity index (χ4v) is 5.39. The summed E-state index contributed by atoms with van der Waals surface area (Å²) in [6.45, 7) is 3.53. The zero-order chi connectivity index (χ0) is 18.9. The van der Waals surface area contributed by atoms with Gasteiger partial charge in [0.2, 0.25) is 0 Å². The molecule has 0 bridgehead atoms. The molecule has 3 rings (SSSR count). The molecule has 0 atom stereocenters. The number of hydrogen-bond acceptors (Lipinski definition) is 4. The first-order chi connectivity index (χ1) is 12.3. The fourth-order valence-electron chi connectivity index (χ4n) is 2.59. The molecular formula is C19H14Cl2O3S2. The lowest BCUT2D eigenvalue weighted by molar-refractivity contribution is 0.513. The third-order valence-corrected chi connectivity index (χ3v) is 6.76. The fraction of sp³-hybridized carbons (Fsp3) is 0.0526. The number of halogens is 2. The molecule has 2 aromatic carbocycles. The van der Waals surface area contributed by atoms with E-state index in [0.29, 0.717) is 11.1 Å². The minimum atomic E-state index is -3.72. The van der Waals surface area contributed by atoms with Gasteiger partial charge in [0.05, 0.1) is 10.6 Å². The Morgan fingerprint density at radius 3 is 2.35 bits per heavy atom. The molecule has 1 N–H and O–H groups in total. The highest BCUT2D eigenvalue weighted by molar-refractivity contribution is 7.90. The van der Waals surface area contributed by atoms with Gasteiger partial charge >= 0.3 is 0 Å². The second-order valence-electron chi connectivity index (χ2n) is 5.66. The predicted octanol–water partition coefficient (Wildman–Crippen LogP) is 6.22. The third-order valence-electron chi connectivity index (χ3n) is 3.76. The Bertz CT molecular complexity index is 1050. The second kappa shape index (κ2) is 7.45. The quantitative estimate of drug-likeness (QED) is 0.494. The topological polar surface area (TPSA) is 54.4 Å². The molecule has 0 amide bonds. The summed E-state index contributed by atoms with van der Waals surface area (Å²) < 4.78 is 25.7. The van der Waals surface area contributed by atoms with Crippen molar-refractivity contribution in [3.05, 3.63) is 81.7 Å². The third kappa shape index (κ3) is 4.13. The first kappa shape index (κ1) is 19.0. The molecule has 1 heterocycles. The maximum absolute atomic E-state index is 12.9. The molecule has 0 aliphatic rings. The van der Waals surface area contributed by atoms with E-state index in [0.717, 1.165) is 10.4 Å². The Kier molecular flexibility index (Phi) is 5.44. The zero-order valence-electron chi connectivity index (χ0n) is 13.4. The van der Waals surface area contributed by atoms with Crippen LogP contribution < -0.4 is 0 Å². The lowest BCUT2D eigenvalue weighted by Crippen LogP contribution is -2.07. The van der Waals surface area contributed by atoms with Crippen molar-refractivity contribution >= 4 is 50.1 Å². The van der Waals surface area contributed by atoms with Crippen molar-refractivity contribution < 1.29 is 13.5 Å². The van der Waals surface area contributed by atoms with Crippen molar-refractivity contribution in [2.24, 2.45) is 0 Å². The number of aliphatic hydroxyl groups is 1. The van der Waals surface area contributed by atoms with Gasteiger partial charge in [0.1, 0.15) is 5.76 Å². The van der Waals surface area contributed by atoms with E-state index in [1.54, 1.807) is 23.5 Å². The molecule has 0 aliphatic carbocycles. The van der Waals surface area contributed by atoms with E-state index >= 15 is 0 Å². The van der Waals surface area contributed by atoms with Crippen LogP contribution in [0.15, 0.2) is 65.4 Å². The van der Waals surface area contributed by atoms with E-state index in [-0.39, 0.29) is 26.5 Å². The van der Waals surface area contributed by atoms with Crippen LogP contribution in [0.3, 0.4) is 0 Å². The normalized spacial score (nSPS) is 11.5. The summed E-state index contributed by atoms with van der Waals surface area (Å²) in [6.07, 6.45) is 0. The second-order valence-corrected chi connectivity index (χ2v) is 9.47. The van der Waals surface area contributed by atoms with Gasteiger partial charge in [-0.15, -0.1) is 11.3 Å². The highest BCUT2D eigenvalue weighted by atomic mass is 35.5. The van der Waals surface area contributed by atoms with E-state index in [2.05, 4.69) is 6.58 Å². The van der Waals surface area contributed by atoms with Crippen LogP contribution in [0.2, 0.25) is 10.0 Å². The van der Waals surface area contributed by atoms with E-state index in [1.165, 1.54) is 18.2 Å². The summed E-state index contributed by atoms with van der Waals surface area (Å²) >= 11 is 13.4. The van der Waals surface area contributed by atoms with Crippen molar-refractivity contribution in [3.63, 3.8) is 0 Å². The SMILES string of the molecule is C=C(O)c1ccc(-c2cccs2)cc1CS(=O)(=O)c1cc(Cl)cc(Cl)c1. The summed E-state index contributed by atoms with van der Waals surface area (Å²) in [5.41, 5.74) is 1.72. The molecule has 0 fully saturated rings. The molecule has 0 aliphatic heterocycles. The Balaban J connectivity index is 2.07. The number of sulfone groups is 1. The highest BCUT2D eigenvalue weighted by Gasteiger charge is 2.20. The van der Waals surface area contributed by atoms with E-state index in [9.17, 15) is 13.5 Å². The van der Waals surface area contributed by atoms with Gasteiger partial charge in [-0.3, -0.25) is 0 Å². The van der Waals surface area contributed by atoms with Gasteiger partial charge in [-0.25, -0.2) is 8.42 Å². The average Bonchev–Trinajstić information content (AvgIpc) is 3.07. The average molecular weight is 425 g/mol. The molecule has 7 heteroatoms. The van der Waals surface area contributed by atoms with Crippen molar-refractivity contribution in [1.29, 1.82) is 0 Å². The van der Waals surface area contributed by atoms with Crippen LogP contribution in [0.1, 0.15) is 11.1 Å². The van der Waals surface area contributed by atoms with Crippen molar-refractivity contribution in [2.45, 2.75) is 10.6 Å². The minimum absolute atomic E-state index is 0.0334. The van der Waals surface area contributed by atoms with Crippen LogP contribution in [-0.2, 0) is 15.6 Å². The van der Waals surface area contributed by atoms with Crippen LogP contribution in [0, 0.1) is 0 Å². The van der Waals surface area contributed by atoms with Gasteiger partial charge in [0, 0.05) is 20.5 Å². The molecule has 0 saturated heterocycles. The van der Waals surface area contributed by atoms with Gasteiger partial charge in [-0.1, -0.05) is 48.0 Å². The monoisotopic (exact) mass is 424 g/mol. The summed E-state index contributed by atoms with van der Waals surface area (Å²) in [6, 6.07) is 13.3. The Morgan fingerprint density at radius 2 is 1.77 bits per heavy atom. The lowest BCUT2D eigenvalue weighted by Gasteiger charge is -2.12. The summed E-state index contributed by atoms with van der Waals surface area (Å²) in [4.78, 5) is 1.04. The predicted molar refractivity (Wildman–Crippen MR) is 109 cm³/mol. The highest BCUT2D eigenvalue weighted by Crippen LogP contribution is 2.31. The van der Waals surface area contributed by atoms with Gasteiger partial charge in [0.15, 0.2) is 9.84 Å². The van der Waals surface area contributed by atoms with Crippen molar-refractivity contribution in [1.82, 2.24) is 0 Å². The molecule has 1 aromatic heterocycles. The first-order valence-electron chi connectivity index (χ1n) is 7.50.